The van der Waals surface area contributed by atoms with Crippen LogP contribution in [0.2, 0.25) is 0 Å². The molecule has 0 unspecified atom stereocenters. The fraction of sp³-hybridized carbons (Fsp3) is 0.429. The molecule has 2 aliphatic rings. The zero-order chi connectivity index (χ0) is 18.8. The minimum absolute atomic E-state index is 0.0423. The molecule has 2 heterocycles. The van der Waals surface area contributed by atoms with E-state index in [9.17, 15) is 9.59 Å². The van der Waals surface area contributed by atoms with Gasteiger partial charge >= 0.3 is 0 Å². The Morgan fingerprint density at radius 1 is 1.22 bits per heavy atom. The molecule has 27 heavy (non-hydrogen) atoms. The van der Waals surface area contributed by atoms with Crippen molar-refractivity contribution in [1.29, 1.82) is 0 Å². The maximum atomic E-state index is 12.7. The third-order valence-electron chi connectivity index (χ3n) is 5.51. The van der Waals surface area contributed by atoms with Gasteiger partial charge in [0.1, 0.15) is 11.1 Å². The summed E-state index contributed by atoms with van der Waals surface area (Å²) in [5, 5.41) is -0.0423. The predicted molar refractivity (Wildman–Crippen MR) is 105 cm³/mol. The highest BCUT2D eigenvalue weighted by molar-refractivity contribution is 8.00. The fourth-order valence-electron chi connectivity index (χ4n) is 3.92. The second-order valence-electron chi connectivity index (χ2n) is 7.24. The van der Waals surface area contributed by atoms with Crippen LogP contribution in [0.5, 0.6) is 0 Å². The molecule has 2 fully saturated rings. The highest BCUT2D eigenvalue weighted by Gasteiger charge is 2.33. The van der Waals surface area contributed by atoms with Crippen LogP contribution < -0.4 is 0 Å². The second kappa shape index (κ2) is 7.80. The molecule has 1 aromatic heterocycles. The average Bonchev–Trinajstić information content (AvgIpc) is 3.45. The van der Waals surface area contributed by atoms with Gasteiger partial charge in [-0.2, -0.15) is 0 Å². The van der Waals surface area contributed by atoms with Crippen molar-refractivity contribution in [2.75, 3.05) is 12.8 Å². The fourth-order valence-corrected chi connectivity index (χ4v) is 5.11. The van der Waals surface area contributed by atoms with E-state index in [0.29, 0.717) is 23.9 Å². The Hall–Kier alpha value is -2.21. The molecule has 1 aliphatic carbocycles. The molecule has 6 heteroatoms. The maximum absolute atomic E-state index is 12.7. The van der Waals surface area contributed by atoms with E-state index in [1.54, 1.807) is 18.0 Å². The van der Waals surface area contributed by atoms with E-state index in [0.717, 1.165) is 24.2 Å². The van der Waals surface area contributed by atoms with Crippen LogP contribution in [0.4, 0.5) is 0 Å². The number of nitrogens with zero attached hydrogens (tertiary/aromatic N) is 2. The van der Waals surface area contributed by atoms with Crippen LogP contribution in [-0.2, 0) is 11.3 Å². The van der Waals surface area contributed by atoms with Gasteiger partial charge in [0.05, 0.1) is 18.6 Å². The second-order valence-corrected chi connectivity index (χ2v) is 8.31. The molecule has 1 atom stereocenters. The average molecular weight is 385 g/mol. The summed E-state index contributed by atoms with van der Waals surface area (Å²) in [6.07, 6.45) is 6.24. The van der Waals surface area contributed by atoms with Crippen LogP contribution in [0.3, 0.4) is 0 Å². The molecule has 1 aliphatic heterocycles. The normalized spacial score (nSPS) is 20.4. The van der Waals surface area contributed by atoms with Crippen molar-refractivity contribution in [3.05, 3.63) is 59.5 Å². The van der Waals surface area contributed by atoms with E-state index < -0.39 is 0 Å². The predicted octanol–water partition coefficient (Wildman–Crippen LogP) is 4.07. The molecule has 1 saturated carbocycles. The highest BCUT2D eigenvalue weighted by atomic mass is 32.2. The van der Waals surface area contributed by atoms with Crippen molar-refractivity contribution >= 4 is 23.6 Å². The Morgan fingerprint density at radius 3 is 2.63 bits per heavy atom. The summed E-state index contributed by atoms with van der Waals surface area (Å²) in [5.41, 5.74) is 1.75. The molecule has 0 N–H and O–H groups in total. The highest BCUT2D eigenvalue weighted by Crippen LogP contribution is 2.39. The first kappa shape index (κ1) is 18.2. The lowest BCUT2D eigenvalue weighted by Gasteiger charge is -2.25. The van der Waals surface area contributed by atoms with Crippen molar-refractivity contribution in [1.82, 2.24) is 9.80 Å². The molecular formula is C21H24N2O3S. The van der Waals surface area contributed by atoms with Crippen molar-refractivity contribution in [3.63, 3.8) is 0 Å². The number of carbonyl (C=O) groups excluding carboxylic acids is 2. The zero-order valence-corrected chi connectivity index (χ0v) is 16.3. The van der Waals surface area contributed by atoms with Crippen LogP contribution in [0.1, 0.15) is 52.7 Å². The minimum atomic E-state index is -0.0423. The monoisotopic (exact) mass is 384 g/mol. The van der Waals surface area contributed by atoms with E-state index in [4.69, 9.17) is 4.42 Å². The summed E-state index contributed by atoms with van der Waals surface area (Å²) in [5.74, 6) is 1.44. The quantitative estimate of drug-likeness (QED) is 0.780. The molecule has 1 aromatic carbocycles. The number of benzene rings is 1. The van der Waals surface area contributed by atoms with Gasteiger partial charge in [0, 0.05) is 18.7 Å². The largest absolute Gasteiger partial charge is 0.467 e. The molecule has 2 aromatic rings. The minimum Gasteiger partial charge on any atom is -0.467 e. The van der Waals surface area contributed by atoms with Gasteiger partial charge in [-0.3, -0.25) is 9.59 Å². The van der Waals surface area contributed by atoms with Crippen LogP contribution >= 0.6 is 11.8 Å². The summed E-state index contributed by atoms with van der Waals surface area (Å²) in [6, 6.07) is 11.8. The standard InChI is InChI=1S/C21H24N2O3S/c1-22(17-5-2-3-6-17)20(25)15-8-10-16(11-9-15)21-23(19(24)14-27-21)13-18-7-4-12-26-18/h4,7-12,17,21H,2-3,5-6,13-14H2,1H3/t21-/m1/s1. The van der Waals surface area contributed by atoms with E-state index in [1.807, 2.05) is 53.2 Å². The van der Waals surface area contributed by atoms with Crippen molar-refractivity contribution in [2.24, 2.45) is 0 Å². The van der Waals surface area contributed by atoms with E-state index in [1.165, 1.54) is 12.8 Å². The van der Waals surface area contributed by atoms with Gasteiger partial charge in [-0.15, -0.1) is 11.8 Å². The zero-order valence-electron chi connectivity index (χ0n) is 15.5. The molecule has 0 radical (unpaired) electrons. The third-order valence-corrected chi connectivity index (χ3v) is 6.77. The first-order valence-corrected chi connectivity index (χ1v) is 10.5. The summed E-state index contributed by atoms with van der Waals surface area (Å²) in [4.78, 5) is 28.8. The lowest BCUT2D eigenvalue weighted by molar-refractivity contribution is -0.128. The van der Waals surface area contributed by atoms with Gasteiger partial charge in [0.15, 0.2) is 0 Å². The maximum Gasteiger partial charge on any atom is 0.253 e. The van der Waals surface area contributed by atoms with E-state index in [2.05, 4.69) is 0 Å². The molecule has 5 nitrogen and oxygen atoms in total. The Bertz CT molecular complexity index is 797. The molecular weight excluding hydrogens is 360 g/mol. The molecule has 0 spiro atoms. The molecule has 1 saturated heterocycles. The van der Waals surface area contributed by atoms with Crippen molar-refractivity contribution < 1.29 is 14.0 Å². The first-order chi connectivity index (χ1) is 13.1. The smallest absolute Gasteiger partial charge is 0.253 e. The SMILES string of the molecule is CN(C(=O)c1ccc([C@H]2SCC(=O)N2Cc2ccco2)cc1)C1CCCC1. The summed E-state index contributed by atoms with van der Waals surface area (Å²) in [6.45, 7) is 0.467. The number of hydrogen-bond acceptors (Lipinski definition) is 4. The van der Waals surface area contributed by atoms with Crippen LogP contribution in [0.15, 0.2) is 47.1 Å². The van der Waals surface area contributed by atoms with E-state index >= 15 is 0 Å². The topological polar surface area (TPSA) is 53.8 Å². The number of thioether (sulfide) groups is 1. The van der Waals surface area contributed by atoms with Crippen LogP contribution in [0, 0.1) is 0 Å². The van der Waals surface area contributed by atoms with E-state index in [-0.39, 0.29) is 17.2 Å². The Labute approximate surface area is 163 Å². The van der Waals surface area contributed by atoms with Gasteiger partial charge in [-0.1, -0.05) is 25.0 Å². The molecule has 0 bridgehead atoms. The van der Waals surface area contributed by atoms with Crippen LogP contribution in [0.25, 0.3) is 0 Å². The lowest BCUT2D eigenvalue weighted by atomic mass is 10.1. The van der Waals surface area contributed by atoms with Gasteiger partial charge in [-0.05, 0) is 42.7 Å². The molecule has 2 amide bonds. The van der Waals surface area contributed by atoms with Gasteiger partial charge in [-0.25, -0.2) is 0 Å². The Balaban J connectivity index is 1.47. The van der Waals surface area contributed by atoms with Crippen molar-refractivity contribution in [2.45, 2.75) is 43.6 Å². The lowest BCUT2D eigenvalue weighted by Crippen LogP contribution is -2.35. The summed E-state index contributed by atoms with van der Waals surface area (Å²) in [7, 11) is 1.91. The van der Waals surface area contributed by atoms with Crippen LogP contribution in [-0.4, -0.2) is 40.5 Å². The summed E-state index contributed by atoms with van der Waals surface area (Å²) < 4.78 is 5.40. The van der Waals surface area contributed by atoms with Gasteiger partial charge < -0.3 is 14.2 Å². The van der Waals surface area contributed by atoms with Gasteiger partial charge in [0.2, 0.25) is 5.91 Å². The number of hydrogen-bond donors (Lipinski definition) is 0. The Morgan fingerprint density at radius 2 is 1.96 bits per heavy atom. The number of rotatable bonds is 5. The summed E-state index contributed by atoms with van der Waals surface area (Å²) >= 11 is 1.61. The molecule has 4 rings (SSSR count). The van der Waals surface area contributed by atoms with Crippen molar-refractivity contribution in [3.8, 4) is 0 Å². The number of carbonyl (C=O) groups is 2. The Kier molecular flexibility index (Phi) is 5.25. The van der Waals surface area contributed by atoms with Gasteiger partial charge in [0.25, 0.3) is 5.91 Å². The first-order valence-electron chi connectivity index (χ1n) is 9.44. The molecule has 142 valence electrons. The number of amides is 2. The third kappa shape index (κ3) is 3.76. The number of furan rings is 1.